The molecule has 0 aromatic carbocycles. The van der Waals surface area contributed by atoms with Crippen molar-refractivity contribution in [1.29, 1.82) is 0 Å². The van der Waals surface area contributed by atoms with E-state index in [9.17, 15) is 14.4 Å². The molecule has 0 saturated heterocycles. The molecule has 1 aliphatic rings. The SMILES string of the molecule is CNCC(=O)OC1(C(CC(=O)OC(C)C)NC(=O)OC(C)OCC(C)C)C=CC=CC1. The summed E-state index contributed by atoms with van der Waals surface area (Å²) in [4.78, 5) is 37.2. The number of allylic oxidation sites excluding steroid dienone is 2. The molecule has 0 saturated carbocycles. The average molecular weight is 441 g/mol. The molecule has 9 heteroatoms. The molecule has 2 N–H and O–H groups in total. The van der Waals surface area contributed by atoms with Crippen LogP contribution in [0.2, 0.25) is 0 Å². The summed E-state index contributed by atoms with van der Waals surface area (Å²) < 4.78 is 21.7. The lowest BCUT2D eigenvalue weighted by Gasteiger charge is -2.38. The van der Waals surface area contributed by atoms with E-state index < -0.39 is 36.0 Å². The van der Waals surface area contributed by atoms with Crippen LogP contribution in [0.15, 0.2) is 24.3 Å². The van der Waals surface area contributed by atoms with Gasteiger partial charge in [0.15, 0.2) is 5.60 Å². The Bertz CT molecular complexity index is 660. The monoisotopic (exact) mass is 440 g/mol. The second-order valence-corrected chi connectivity index (χ2v) is 8.09. The molecule has 0 aliphatic heterocycles. The molecule has 9 nitrogen and oxygen atoms in total. The number of nitrogens with one attached hydrogen (secondary N) is 2. The predicted octanol–water partition coefficient (Wildman–Crippen LogP) is 2.46. The van der Waals surface area contributed by atoms with Crippen LogP contribution in [0.4, 0.5) is 4.79 Å². The van der Waals surface area contributed by atoms with Gasteiger partial charge in [-0.2, -0.15) is 0 Å². The third-order valence-corrected chi connectivity index (χ3v) is 4.24. The van der Waals surface area contributed by atoms with Crippen molar-refractivity contribution >= 4 is 18.0 Å². The fourth-order valence-corrected chi connectivity index (χ4v) is 2.93. The van der Waals surface area contributed by atoms with Gasteiger partial charge in [0.2, 0.25) is 6.29 Å². The lowest BCUT2D eigenvalue weighted by molar-refractivity contribution is -0.161. The van der Waals surface area contributed by atoms with Gasteiger partial charge in [0.1, 0.15) is 0 Å². The van der Waals surface area contributed by atoms with E-state index in [4.69, 9.17) is 18.9 Å². The molecule has 0 aromatic heterocycles. The van der Waals surface area contributed by atoms with Crippen molar-refractivity contribution in [2.45, 2.75) is 71.5 Å². The fourth-order valence-electron chi connectivity index (χ4n) is 2.93. The van der Waals surface area contributed by atoms with Crippen molar-refractivity contribution in [3.05, 3.63) is 24.3 Å². The molecular formula is C22H36N2O7. The van der Waals surface area contributed by atoms with Gasteiger partial charge in [-0.1, -0.05) is 32.1 Å². The molecule has 1 amide bonds. The summed E-state index contributed by atoms with van der Waals surface area (Å²) in [6.45, 7) is 9.44. The fraction of sp³-hybridized carbons (Fsp3) is 0.682. The summed E-state index contributed by atoms with van der Waals surface area (Å²) in [5.74, 6) is -0.772. The van der Waals surface area contributed by atoms with Gasteiger partial charge in [-0.15, -0.1) is 0 Å². The van der Waals surface area contributed by atoms with E-state index in [1.54, 1.807) is 52.1 Å². The Labute approximate surface area is 184 Å². The summed E-state index contributed by atoms with van der Waals surface area (Å²) in [6, 6.07) is -0.912. The van der Waals surface area contributed by atoms with Crippen LogP contribution in [0.3, 0.4) is 0 Å². The molecule has 0 spiro atoms. The molecule has 176 valence electrons. The summed E-state index contributed by atoms with van der Waals surface area (Å²) in [5, 5.41) is 5.41. The molecule has 0 bridgehead atoms. The van der Waals surface area contributed by atoms with Crippen molar-refractivity contribution in [2.75, 3.05) is 20.2 Å². The molecule has 0 aromatic rings. The Hall–Kier alpha value is -2.39. The van der Waals surface area contributed by atoms with Crippen LogP contribution in [-0.2, 0) is 28.5 Å². The summed E-state index contributed by atoms with van der Waals surface area (Å²) in [5.41, 5.74) is -1.26. The number of rotatable bonds is 12. The minimum absolute atomic E-state index is 0.0208. The first kappa shape index (κ1) is 26.6. The molecule has 0 fully saturated rings. The number of esters is 2. The summed E-state index contributed by atoms with van der Waals surface area (Å²) >= 11 is 0. The lowest BCUT2D eigenvalue weighted by atomic mass is 9.85. The highest BCUT2D eigenvalue weighted by molar-refractivity contribution is 5.75. The molecule has 3 atom stereocenters. The van der Waals surface area contributed by atoms with E-state index in [-0.39, 0.29) is 31.4 Å². The maximum Gasteiger partial charge on any atom is 0.409 e. The minimum Gasteiger partial charge on any atom is -0.463 e. The zero-order chi connectivity index (χ0) is 23.4. The Morgan fingerprint density at radius 3 is 2.29 bits per heavy atom. The number of alkyl carbamates (subject to hydrolysis) is 1. The molecule has 31 heavy (non-hydrogen) atoms. The van der Waals surface area contributed by atoms with Crippen LogP contribution in [0, 0.1) is 5.92 Å². The molecule has 1 aliphatic carbocycles. The summed E-state index contributed by atoms with van der Waals surface area (Å²) in [7, 11) is 1.62. The molecule has 1 rings (SSSR count). The Morgan fingerprint density at radius 2 is 1.74 bits per heavy atom. The maximum atomic E-state index is 12.5. The number of carbonyl (C=O) groups is 3. The number of hydrogen-bond acceptors (Lipinski definition) is 8. The topological polar surface area (TPSA) is 112 Å². The van der Waals surface area contributed by atoms with Gasteiger partial charge in [-0.3, -0.25) is 9.59 Å². The van der Waals surface area contributed by atoms with Crippen molar-refractivity contribution in [2.24, 2.45) is 5.92 Å². The van der Waals surface area contributed by atoms with Crippen molar-refractivity contribution in [3.8, 4) is 0 Å². The quantitative estimate of drug-likeness (QED) is 0.270. The zero-order valence-electron chi connectivity index (χ0n) is 19.3. The van der Waals surface area contributed by atoms with Gasteiger partial charge in [0.05, 0.1) is 31.7 Å². The number of carbonyl (C=O) groups excluding carboxylic acids is 3. The maximum absolute atomic E-state index is 12.5. The number of ether oxygens (including phenoxy) is 4. The van der Waals surface area contributed by atoms with Crippen LogP contribution in [0.1, 0.15) is 47.5 Å². The van der Waals surface area contributed by atoms with E-state index in [0.29, 0.717) is 6.61 Å². The highest BCUT2D eigenvalue weighted by Crippen LogP contribution is 2.29. The van der Waals surface area contributed by atoms with Gasteiger partial charge >= 0.3 is 18.0 Å². The number of amides is 1. The van der Waals surface area contributed by atoms with Gasteiger partial charge in [0.25, 0.3) is 0 Å². The van der Waals surface area contributed by atoms with Gasteiger partial charge in [-0.05, 0) is 39.8 Å². The van der Waals surface area contributed by atoms with Gasteiger partial charge in [-0.25, -0.2) is 4.79 Å². The van der Waals surface area contributed by atoms with Crippen LogP contribution >= 0.6 is 0 Å². The molecule has 0 heterocycles. The highest BCUT2D eigenvalue weighted by atomic mass is 16.7. The Balaban J connectivity index is 3.02. The third-order valence-electron chi connectivity index (χ3n) is 4.24. The second-order valence-electron chi connectivity index (χ2n) is 8.09. The normalized spacial score (nSPS) is 19.7. The predicted molar refractivity (Wildman–Crippen MR) is 115 cm³/mol. The van der Waals surface area contributed by atoms with E-state index >= 15 is 0 Å². The van der Waals surface area contributed by atoms with E-state index in [1.165, 1.54) is 0 Å². The Kier molecular flexibility index (Phi) is 11.3. The summed E-state index contributed by atoms with van der Waals surface area (Å²) in [6.07, 6.45) is 5.14. The van der Waals surface area contributed by atoms with Gasteiger partial charge < -0.3 is 29.6 Å². The van der Waals surface area contributed by atoms with Crippen LogP contribution in [-0.4, -0.2) is 62.3 Å². The minimum atomic E-state index is -1.26. The third kappa shape index (κ3) is 9.97. The second kappa shape index (κ2) is 13.1. The van der Waals surface area contributed by atoms with E-state index in [0.717, 1.165) is 0 Å². The average Bonchev–Trinajstić information content (AvgIpc) is 2.66. The number of hydrogen-bond donors (Lipinski definition) is 2. The van der Waals surface area contributed by atoms with Crippen LogP contribution < -0.4 is 10.6 Å². The zero-order valence-corrected chi connectivity index (χ0v) is 19.3. The highest BCUT2D eigenvalue weighted by Gasteiger charge is 2.43. The van der Waals surface area contributed by atoms with E-state index in [1.807, 2.05) is 13.8 Å². The van der Waals surface area contributed by atoms with Crippen molar-refractivity contribution < 1.29 is 33.3 Å². The standard InChI is InChI=1S/C22H36N2O7/c1-15(2)14-28-17(5)30-21(27)24-18(12-19(25)29-16(3)4)22(10-8-7-9-11-22)31-20(26)13-23-6/h7-10,15-18,23H,11-14H2,1-6H3,(H,24,27). The molecule has 0 radical (unpaired) electrons. The van der Waals surface area contributed by atoms with Gasteiger partial charge in [0, 0.05) is 6.42 Å². The largest absolute Gasteiger partial charge is 0.463 e. The molecular weight excluding hydrogens is 404 g/mol. The van der Waals surface area contributed by atoms with Crippen molar-refractivity contribution in [3.63, 3.8) is 0 Å². The first-order chi connectivity index (χ1) is 14.6. The van der Waals surface area contributed by atoms with Crippen LogP contribution in [0.25, 0.3) is 0 Å². The molecule has 3 unspecified atom stereocenters. The smallest absolute Gasteiger partial charge is 0.409 e. The first-order valence-electron chi connectivity index (χ1n) is 10.6. The van der Waals surface area contributed by atoms with Crippen LogP contribution in [0.5, 0.6) is 0 Å². The first-order valence-corrected chi connectivity index (χ1v) is 10.6. The van der Waals surface area contributed by atoms with E-state index in [2.05, 4.69) is 10.6 Å². The lowest BCUT2D eigenvalue weighted by Crippen LogP contribution is -2.56. The number of likely N-dealkylation sites (N-methyl/N-ethyl adjacent to an activating group) is 1. The van der Waals surface area contributed by atoms with Crippen molar-refractivity contribution in [1.82, 2.24) is 10.6 Å². The Morgan fingerprint density at radius 1 is 1.03 bits per heavy atom.